The van der Waals surface area contributed by atoms with Crippen LogP contribution in [0.15, 0.2) is 11.0 Å². The number of nitrogens with zero attached hydrogens (tertiary/aromatic N) is 2. The molecule has 0 fully saturated rings. The Balaban J connectivity index is 3.05. The van der Waals surface area contributed by atoms with Crippen molar-refractivity contribution in [1.29, 1.82) is 0 Å². The Bertz CT molecular complexity index is 468. The third-order valence-electron chi connectivity index (χ3n) is 2.51. The Labute approximate surface area is 112 Å². The van der Waals surface area contributed by atoms with Crippen LogP contribution in [0.5, 0.6) is 0 Å². The molecule has 0 aliphatic rings. The highest BCUT2D eigenvalue weighted by Crippen LogP contribution is 2.19. The second-order valence-corrected chi connectivity index (χ2v) is 5.84. The molecule has 0 radical (unpaired) electrons. The van der Waals surface area contributed by atoms with Gasteiger partial charge in [0, 0.05) is 18.6 Å². The van der Waals surface area contributed by atoms with Gasteiger partial charge in [-0.2, -0.15) is 5.10 Å². The number of rotatable bonds is 5. The molecule has 1 aromatic heterocycles. The van der Waals surface area contributed by atoms with Crippen LogP contribution in [0.3, 0.4) is 0 Å². The van der Waals surface area contributed by atoms with Crippen molar-refractivity contribution < 1.29 is 0 Å². The molecule has 1 rings (SSSR count). The first kappa shape index (κ1) is 15.0. The first-order valence-electron chi connectivity index (χ1n) is 6.00. The topological polar surface area (TPSA) is 72.9 Å². The van der Waals surface area contributed by atoms with Crippen molar-refractivity contribution >= 4 is 17.3 Å². The van der Waals surface area contributed by atoms with Crippen LogP contribution in [-0.4, -0.2) is 21.9 Å². The number of nitrogens with one attached hydrogen (secondary N) is 1. The zero-order chi connectivity index (χ0) is 13.9. The molecule has 6 heteroatoms. The minimum atomic E-state index is -0.331. The molecule has 0 aromatic carbocycles. The number of nitrogens with two attached hydrogens (primary N) is 1. The van der Waals surface area contributed by atoms with Gasteiger partial charge in [-0.15, -0.1) is 0 Å². The Morgan fingerprint density at radius 2 is 2.17 bits per heavy atom. The summed E-state index contributed by atoms with van der Waals surface area (Å²) in [5, 5.41) is 7.40. The highest BCUT2D eigenvalue weighted by atomic mass is 35.5. The van der Waals surface area contributed by atoms with E-state index in [0.29, 0.717) is 24.7 Å². The van der Waals surface area contributed by atoms with Gasteiger partial charge in [0.2, 0.25) is 0 Å². The Hall–Kier alpha value is -1.07. The standard InChI is InChI=1S/C12H21ClN4O/c1-8(2)6-17-11(18)10(13)9(5-15-17)16-12(3,4)7-14/h5,8,16H,6-7,14H2,1-4H3. The number of hydrogen-bond donors (Lipinski definition) is 2. The molecule has 5 nitrogen and oxygen atoms in total. The van der Waals surface area contributed by atoms with E-state index in [9.17, 15) is 4.79 Å². The molecule has 102 valence electrons. The van der Waals surface area contributed by atoms with Crippen molar-refractivity contribution in [2.24, 2.45) is 11.7 Å². The predicted octanol–water partition coefficient (Wildman–Crippen LogP) is 1.70. The SMILES string of the molecule is CC(C)Cn1ncc(NC(C)(C)CN)c(Cl)c1=O. The van der Waals surface area contributed by atoms with Crippen LogP contribution in [0.25, 0.3) is 0 Å². The summed E-state index contributed by atoms with van der Waals surface area (Å²) in [5.41, 5.74) is 5.55. The summed E-state index contributed by atoms with van der Waals surface area (Å²) in [6, 6.07) is 0. The van der Waals surface area contributed by atoms with Crippen LogP contribution in [0, 0.1) is 5.92 Å². The van der Waals surface area contributed by atoms with Crippen molar-refractivity contribution in [2.75, 3.05) is 11.9 Å². The second-order valence-electron chi connectivity index (χ2n) is 5.47. The van der Waals surface area contributed by atoms with Gasteiger partial charge in [0.25, 0.3) is 5.56 Å². The van der Waals surface area contributed by atoms with E-state index in [1.54, 1.807) is 6.20 Å². The minimum absolute atomic E-state index is 0.159. The van der Waals surface area contributed by atoms with Crippen LogP contribution in [-0.2, 0) is 6.54 Å². The number of hydrogen-bond acceptors (Lipinski definition) is 4. The van der Waals surface area contributed by atoms with Gasteiger partial charge in [0.05, 0.1) is 11.9 Å². The maximum Gasteiger partial charge on any atom is 0.287 e. The van der Waals surface area contributed by atoms with Crippen LogP contribution in [0.1, 0.15) is 27.7 Å². The number of halogens is 1. The average molecular weight is 273 g/mol. The molecule has 0 spiro atoms. The fourth-order valence-electron chi connectivity index (χ4n) is 1.44. The van der Waals surface area contributed by atoms with E-state index in [0.717, 1.165) is 0 Å². The highest BCUT2D eigenvalue weighted by Gasteiger charge is 2.18. The lowest BCUT2D eigenvalue weighted by atomic mass is 10.1. The van der Waals surface area contributed by atoms with Gasteiger partial charge in [0.1, 0.15) is 5.02 Å². The lowest BCUT2D eigenvalue weighted by Gasteiger charge is -2.26. The van der Waals surface area contributed by atoms with Crippen molar-refractivity contribution in [3.05, 3.63) is 21.6 Å². The summed E-state index contributed by atoms with van der Waals surface area (Å²) in [7, 11) is 0. The fourth-order valence-corrected chi connectivity index (χ4v) is 1.64. The van der Waals surface area contributed by atoms with E-state index in [1.807, 2.05) is 27.7 Å². The molecule has 0 aliphatic carbocycles. The maximum atomic E-state index is 12.0. The maximum absolute atomic E-state index is 12.0. The molecule has 0 unspecified atom stereocenters. The molecular formula is C12H21ClN4O. The van der Waals surface area contributed by atoms with Gasteiger partial charge in [0.15, 0.2) is 0 Å². The summed E-state index contributed by atoms with van der Waals surface area (Å²) in [6.07, 6.45) is 1.57. The molecule has 1 aromatic rings. The quantitative estimate of drug-likeness (QED) is 0.856. The molecule has 0 bridgehead atoms. The minimum Gasteiger partial charge on any atom is -0.376 e. The lowest BCUT2D eigenvalue weighted by Crippen LogP contribution is -2.40. The zero-order valence-electron chi connectivity index (χ0n) is 11.3. The van der Waals surface area contributed by atoms with Crippen molar-refractivity contribution in [3.8, 4) is 0 Å². The van der Waals surface area contributed by atoms with E-state index < -0.39 is 0 Å². The average Bonchev–Trinajstić information content (AvgIpc) is 2.28. The number of aromatic nitrogens is 2. The van der Waals surface area contributed by atoms with Crippen LogP contribution >= 0.6 is 11.6 Å². The van der Waals surface area contributed by atoms with Crippen molar-refractivity contribution in [2.45, 2.75) is 39.8 Å². The molecule has 0 amide bonds. The molecule has 1 heterocycles. The predicted molar refractivity (Wildman–Crippen MR) is 75.1 cm³/mol. The molecular weight excluding hydrogens is 252 g/mol. The molecule has 0 aliphatic heterocycles. The van der Waals surface area contributed by atoms with Gasteiger partial charge < -0.3 is 11.1 Å². The van der Waals surface area contributed by atoms with Gasteiger partial charge in [-0.3, -0.25) is 4.79 Å². The molecule has 0 saturated carbocycles. The van der Waals surface area contributed by atoms with Crippen molar-refractivity contribution in [3.63, 3.8) is 0 Å². The summed E-state index contributed by atoms with van der Waals surface area (Å²) in [5.74, 6) is 0.338. The lowest BCUT2D eigenvalue weighted by molar-refractivity contribution is 0.463. The highest BCUT2D eigenvalue weighted by molar-refractivity contribution is 6.32. The van der Waals surface area contributed by atoms with E-state index in [2.05, 4.69) is 10.4 Å². The van der Waals surface area contributed by atoms with E-state index in [-0.39, 0.29) is 16.1 Å². The molecule has 3 N–H and O–H groups in total. The third kappa shape index (κ3) is 3.71. The second kappa shape index (κ2) is 5.71. The van der Waals surface area contributed by atoms with E-state index in [4.69, 9.17) is 17.3 Å². The third-order valence-corrected chi connectivity index (χ3v) is 2.87. The van der Waals surface area contributed by atoms with E-state index in [1.165, 1.54) is 4.68 Å². The summed E-state index contributed by atoms with van der Waals surface area (Å²) in [6.45, 7) is 8.89. The fraction of sp³-hybridized carbons (Fsp3) is 0.667. The Kier molecular flexibility index (Phi) is 4.76. The van der Waals surface area contributed by atoms with Gasteiger partial charge in [-0.1, -0.05) is 25.4 Å². The molecule has 18 heavy (non-hydrogen) atoms. The van der Waals surface area contributed by atoms with Crippen LogP contribution < -0.4 is 16.6 Å². The van der Waals surface area contributed by atoms with E-state index >= 15 is 0 Å². The van der Waals surface area contributed by atoms with Crippen LogP contribution in [0.2, 0.25) is 5.02 Å². The normalized spacial score (nSPS) is 11.9. The first-order chi connectivity index (χ1) is 8.26. The summed E-state index contributed by atoms with van der Waals surface area (Å²) < 4.78 is 1.38. The van der Waals surface area contributed by atoms with Gasteiger partial charge in [-0.05, 0) is 19.8 Å². The largest absolute Gasteiger partial charge is 0.376 e. The van der Waals surface area contributed by atoms with Gasteiger partial charge >= 0.3 is 0 Å². The van der Waals surface area contributed by atoms with Gasteiger partial charge in [-0.25, -0.2) is 4.68 Å². The molecule has 0 atom stereocenters. The number of anilines is 1. The summed E-state index contributed by atoms with van der Waals surface area (Å²) in [4.78, 5) is 12.0. The Morgan fingerprint density at radius 1 is 1.56 bits per heavy atom. The van der Waals surface area contributed by atoms with Crippen LogP contribution in [0.4, 0.5) is 5.69 Å². The van der Waals surface area contributed by atoms with Crippen molar-refractivity contribution in [1.82, 2.24) is 9.78 Å². The molecule has 0 saturated heterocycles. The summed E-state index contributed by atoms with van der Waals surface area (Å²) >= 11 is 6.07. The Morgan fingerprint density at radius 3 is 2.67 bits per heavy atom. The smallest absolute Gasteiger partial charge is 0.287 e. The monoisotopic (exact) mass is 272 g/mol. The first-order valence-corrected chi connectivity index (χ1v) is 6.38. The zero-order valence-corrected chi connectivity index (χ0v) is 12.1.